The minimum Gasteiger partial charge on any atom is -0.346 e. The number of aromatic nitrogens is 1. The maximum atomic E-state index is 11.2. The zero-order chi connectivity index (χ0) is 13.7. The van der Waals surface area contributed by atoms with Gasteiger partial charge in [-0.25, -0.2) is 4.98 Å². The molecule has 108 valence electrons. The van der Waals surface area contributed by atoms with E-state index in [0.29, 0.717) is 12.0 Å². The first-order valence-corrected chi connectivity index (χ1v) is 8.50. The Morgan fingerprint density at radius 2 is 2.00 bits per heavy atom. The molecule has 3 fully saturated rings. The first kappa shape index (κ1) is 12.8. The molecule has 0 amide bonds. The van der Waals surface area contributed by atoms with Gasteiger partial charge in [0.1, 0.15) is 0 Å². The second kappa shape index (κ2) is 4.81. The van der Waals surface area contributed by atoms with Gasteiger partial charge in [0, 0.05) is 31.1 Å². The molecule has 3 aliphatic rings. The molecule has 0 spiro atoms. The van der Waals surface area contributed by atoms with E-state index in [4.69, 9.17) is 4.98 Å². The molecular formula is C15H21N3OS. The van der Waals surface area contributed by atoms with E-state index in [1.165, 1.54) is 32.1 Å². The molecule has 2 aliphatic heterocycles. The summed E-state index contributed by atoms with van der Waals surface area (Å²) in [4.78, 5) is 21.9. The Morgan fingerprint density at radius 1 is 1.20 bits per heavy atom. The summed E-state index contributed by atoms with van der Waals surface area (Å²) in [5.74, 6) is 0.561. The summed E-state index contributed by atoms with van der Waals surface area (Å²) in [5.41, 5.74) is 1.07. The Kier molecular flexibility index (Phi) is 3.07. The number of hydrogen-bond acceptors (Lipinski definition) is 5. The van der Waals surface area contributed by atoms with E-state index in [1.54, 1.807) is 11.3 Å². The van der Waals surface area contributed by atoms with Gasteiger partial charge < -0.3 is 4.90 Å². The highest BCUT2D eigenvalue weighted by Gasteiger charge is 2.36. The van der Waals surface area contributed by atoms with Crippen molar-refractivity contribution in [3.05, 3.63) is 10.6 Å². The number of fused-ring (bicyclic) bond motifs is 2. The number of rotatable bonds is 3. The van der Waals surface area contributed by atoms with E-state index in [1.807, 2.05) is 0 Å². The molecule has 1 saturated carbocycles. The Labute approximate surface area is 123 Å². The predicted octanol–water partition coefficient (Wildman–Crippen LogP) is 2.51. The van der Waals surface area contributed by atoms with Gasteiger partial charge in [0.05, 0.1) is 10.6 Å². The largest absolute Gasteiger partial charge is 0.346 e. The smallest absolute Gasteiger partial charge is 0.186 e. The predicted molar refractivity (Wildman–Crippen MR) is 80.9 cm³/mol. The number of hydrogen-bond donors (Lipinski definition) is 0. The molecule has 20 heavy (non-hydrogen) atoms. The number of anilines is 1. The molecule has 0 N–H and O–H groups in total. The van der Waals surface area contributed by atoms with Crippen molar-refractivity contribution >= 4 is 22.8 Å². The molecule has 1 aromatic rings. The van der Waals surface area contributed by atoms with Crippen molar-refractivity contribution in [3.8, 4) is 0 Å². The molecular weight excluding hydrogens is 270 g/mol. The molecule has 5 heteroatoms. The van der Waals surface area contributed by atoms with Gasteiger partial charge in [-0.2, -0.15) is 0 Å². The van der Waals surface area contributed by atoms with Crippen LogP contribution >= 0.6 is 11.3 Å². The van der Waals surface area contributed by atoms with E-state index >= 15 is 0 Å². The van der Waals surface area contributed by atoms with Crippen molar-refractivity contribution in [1.29, 1.82) is 0 Å². The summed E-state index contributed by atoms with van der Waals surface area (Å²) >= 11 is 1.60. The highest BCUT2D eigenvalue weighted by Crippen LogP contribution is 2.44. The highest BCUT2D eigenvalue weighted by molar-refractivity contribution is 7.17. The number of nitrogens with zero attached hydrogens (tertiary/aromatic N) is 3. The van der Waals surface area contributed by atoms with E-state index in [-0.39, 0.29) is 0 Å². The van der Waals surface area contributed by atoms with Crippen molar-refractivity contribution in [2.75, 3.05) is 25.0 Å². The topological polar surface area (TPSA) is 36.4 Å². The third-order valence-corrected chi connectivity index (χ3v) is 6.22. The molecule has 2 atom stereocenters. The van der Waals surface area contributed by atoms with Crippen LogP contribution in [0.25, 0.3) is 0 Å². The van der Waals surface area contributed by atoms with Crippen molar-refractivity contribution in [3.63, 3.8) is 0 Å². The van der Waals surface area contributed by atoms with Crippen molar-refractivity contribution in [2.24, 2.45) is 0 Å². The summed E-state index contributed by atoms with van der Waals surface area (Å²) in [6, 6.07) is 1.41. The summed E-state index contributed by atoms with van der Waals surface area (Å²) in [7, 11) is 2.26. The lowest BCUT2D eigenvalue weighted by Crippen LogP contribution is -2.36. The highest BCUT2D eigenvalue weighted by atomic mass is 32.1. The van der Waals surface area contributed by atoms with Gasteiger partial charge in [0.15, 0.2) is 11.4 Å². The third-order valence-electron chi connectivity index (χ3n) is 5.16. The first-order chi connectivity index (χ1) is 9.76. The normalized spacial score (nSPS) is 30.6. The Hall–Kier alpha value is -0.940. The second-order valence-electron chi connectivity index (χ2n) is 6.42. The number of thiazole rings is 1. The molecule has 1 aliphatic carbocycles. The maximum absolute atomic E-state index is 11.2. The van der Waals surface area contributed by atoms with Crippen LogP contribution in [-0.2, 0) is 0 Å². The molecule has 0 aromatic carbocycles. The van der Waals surface area contributed by atoms with E-state index in [9.17, 15) is 4.79 Å². The summed E-state index contributed by atoms with van der Waals surface area (Å²) in [6.45, 7) is 2.16. The van der Waals surface area contributed by atoms with Crippen LogP contribution in [0.1, 0.15) is 53.4 Å². The van der Waals surface area contributed by atoms with Crippen molar-refractivity contribution in [1.82, 2.24) is 9.88 Å². The monoisotopic (exact) mass is 291 g/mol. The maximum Gasteiger partial charge on any atom is 0.186 e. The fourth-order valence-electron chi connectivity index (χ4n) is 3.68. The fraction of sp³-hybridized carbons (Fsp3) is 0.733. The van der Waals surface area contributed by atoms with Gasteiger partial charge in [-0.3, -0.25) is 9.69 Å². The lowest BCUT2D eigenvalue weighted by Gasteiger charge is -2.25. The van der Waals surface area contributed by atoms with E-state index in [2.05, 4.69) is 16.8 Å². The summed E-state index contributed by atoms with van der Waals surface area (Å²) < 4.78 is 0. The van der Waals surface area contributed by atoms with Gasteiger partial charge >= 0.3 is 0 Å². The number of carbonyl (C=O) groups is 1. The molecule has 0 radical (unpaired) electrons. The Balaban J connectivity index is 1.59. The summed E-state index contributed by atoms with van der Waals surface area (Å²) in [5, 5.41) is 1.08. The zero-order valence-corrected chi connectivity index (χ0v) is 12.7. The zero-order valence-electron chi connectivity index (χ0n) is 11.9. The minimum absolute atomic E-state index is 0.561. The van der Waals surface area contributed by atoms with Crippen molar-refractivity contribution in [2.45, 2.75) is 50.1 Å². The molecule has 4 rings (SSSR count). The molecule has 2 saturated heterocycles. The van der Waals surface area contributed by atoms with E-state index < -0.39 is 0 Å². The van der Waals surface area contributed by atoms with Crippen LogP contribution in [0, 0.1) is 0 Å². The Bertz CT molecular complexity index is 525. The number of likely N-dealkylation sites (N-methyl/N-ethyl adjacent to an activating group) is 1. The van der Waals surface area contributed by atoms with Gasteiger partial charge in [0.2, 0.25) is 0 Å². The molecule has 2 bridgehead atoms. The average Bonchev–Trinajstić information content (AvgIpc) is 3.12. The van der Waals surface area contributed by atoms with Crippen LogP contribution < -0.4 is 4.90 Å². The second-order valence-corrected chi connectivity index (χ2v) is 7.43. The number of aldehydes is 1. The molecule has 4 nitrogen and oxygen atoms in total. The average molecular weight is 291 g/mol. The minimum atomic E-state index is 0.561. The SMILES string of the molecule is CN1C2CCC1CN(c1nc(C3CC3)c(C=O)s1)CC2. The standard InChI is InChI=1S/C15H21N3OS/c1-17-11-4-5-12(17)8-18(7-6-11)15-16-14(10-2-3-10)13(9-19)20-15/h9-12H,2-8H2,1H3. The van der Waals surface area contributed by atoms with Crippen LogP contribution in [0.5, 0.6) is 0 Å². The van der Waals surface area contributed by atoms with Gasteiger partial charge in [0.25, 0.3) is 0 Å². The van der Waals surface area contributed by atoms with Crippen LogP contribution in [0.4, 0.5) is 5.13 Å². The number of carbonyl (C=O) groups excluding carboxylic acids is 1. The van der Waals surface area contributed by atoms with Gasteiger partial charge in [-0.15, -0.1) is 0 Å². The Morgan fingerprint density at radius 3 is 2.75 bits per heavy atom. The third kappa shape index (κ3) is 2.07. The fourth-order valence-corrected chi connectivity index (χ4v) is 4.68. The summed E-state index contributed by atoms with van der Waals surface area (Å²) in [6.07, 6.45) is 7.29. The first-order valence-electron chi connectivity index (χ1n) is 7.69. The lowest BCUT2D eigenvalue weighted by atomic mass is 10.1. The van der Waals surface area contributed by atoms with Crippen LogP contribution in [0.15, 0.2) is 0 Å². The molecule has 1 aromatic heterocycles. The van der Waals surface area contributed by atoms with Gasteiger partial charge in [-0.1, -0.05) is 11.3 Å². The van der Waals surface area contributed by atoms with Crippen LogP contribution in [-0.4, -0.2) is 48.4 Å². The lowest BCUT2D eigenvalue weighted by molar-refractivity contribution is 0.112. The van der Waals surface area contributed by atoms with E-state index in [0.717, 1.165) is 41.1 Å². The van der Waals surface area contributed by atoms with Crippen LogP contribution in [0.2, 0.25) is 0 Å². The molecule has 2 unspecified atom stereocenters. The molecule has 3 heterocycles. The van der Waals surface area contributed by atoms with Crippen LogP contribution in [0.3, 0.4) is 0 Å². The van der Waals surface area contributed by atoms with Gasteiger partial charge in [-0.05, 0) is 39.2 Å². The quantitative estimate of drug-likeness (QED) is 0.802. The van der Waals surface area contributed by atoms with Crippen molar-refractivity contribution < 1.29 is 4.79 Å².